The molecular weight excluding hydrogens is 366 g/mol. The van der Waals surface area contributed by atoms with Crippen LogP contribution in [-0.2, 0) is 6.42 Å². The standard InChI is InChI=1S/C19H18BrN3O/c1-11-3-4-12(2)8-17-16(7-11)22-18(19(24)23-17)10-13-9-14(20)5-6-15(13)21/h5-9,11-12H,10,21H2,1-2H3,(H,23,24)/b16-7?,17-8+. The lowest BCUT2D eigenvalue weighted by Gasteiger charge is -2.07. The minimum atomic E-state index is -0.189. The third-order valence-electron chi connectivity index (χ3n) is 3.87. The van der Waals surface area contributed by atoms with Gasteiger partial charge in [0, 0.05) is 28.4 Å². The Kier molecular flexibility index (Phi) is 4.59. The van der Waals surface area contributed by atoms with Crippen molar-refractivity contribution in [1.82, 2.24) is 9.97 Å². The minimum Gasteiger partial charge on any atom is -0.398 e. The van der Waals surface area contributed by atoms with E-state index in [0.29, 0.717) is 17.8 Å². The zero-order valence-corrected chi connectivity index (χ0v) is 15.1. The zero-order chi connectivity index (χ0) is 17.3. The highest BCUT2D eigenvalue weighted by atomic mass is 79.9. The largest absolute Gasteiger partial charge is 0.398 e. The fraction of sp³-hybridized carbons (Fsp3) is 0.263. The molecule has 0 aliphatic heterocycles. The van der Waals surface area contributed by atoms with Crippen LogP contribution in [0.3, 0.4) is 0 Å². The molecule has 4 nitrogen and oxygen atoms in total. The second-order valence-electron chi connectivity index (χ2n) is 6.03. The highest BCUT2D eigenvalue weighted by molar-refractivity contribution is 9.10. The molecule has 3 N–H and O–H groups in total. The number of rotatable bonds is 2. The summed E-state index contributed by atoms with van der Waals surface area (Å²) in [5.74, 6) is 6.49. The Bertz CT molecular complexity index is 1030. The van der Waals surface area contributed by atoms with Crippen LogP contribution in [-0.4, -0.2) is 9.97 Å². The number of hydrogen-bond donors (Lipinski definition) is 2. The monoisotopic (exact) mass is 383 g/mol. The molecule has 2 unspecified atom stereocenters. The van der Waals surface area contributed by atoms with Gasteiger partial charge in [-0.15, -0.1) is 0 Å². The summed E-state index contributed by atoms with van der Waals surface area (Å²) in [6, 6.07) is 5.61. The Morgan fingerprint density at radius 1 is 1.25 bits per heavy atom. The molecular formula is C19H18BrN3O. The van der Waals surface area contributed by atoms with E-state index in [-0.39, 0.29) is 17.4 Å². The van der Waals surface area contributed by atoms with Crippen molar-refractivity contribution in [3.63, 3.8) is 0 Å². The first kappa shape index (κ1) is 16.5. The van der Waals surface area contributed by atoms with Crippen LogP contribution in [0.1, 0.15) is 25.1 Å². The van der Waals surface area contributed by atoms with Crippen molar-refractivity contribution in [3.05, 3.63) is 55.0 Å². The molecule has 24 heavy (non-hydrogen) atoms. The topological polar surface area (TPSA) is 71.8 Å². The van der Waals surface area contributed by atoms with Crippen LogP contribution < -0.4 is 22.0 Å². The summed E-state index contributed by atoms with van der Waals surface area (Å²) in [4.78, 5) is 20.0. The van der Waals surface area contributed by atoms with E-state index >= 15 is 0 Å². The Morgan fingerprint density at radius 2 is 1.96 bits per heavy atom. The van der Waals surface area contributed by atoms with Gasteiger partial charge in [0.25, 0.3) is 5.56 Å². The van der Waals surface area contributed by atoms with E-state index in [1.807, 2.05) is 44.2 Å². The molecule has 0 saturated carbocycles. The fourth-order valence-electron chi connectivity index (χ4n) is 2.63. The SMILES string of the molecule is CC1C#CC(C)/C=c2/[nH]c(=O)c(Cc3cc(Br)ccc3N)nc2=C1. The lowest BCUT2D eigenvalue weighted by atomic mass is 10.1. The van der Waals surface area contributed by atoms with E-state index in [1.54, 1.807) is 0 Å². The van der Waals surface area contributed by atoms with Gasteiger partial charge in [-0.3, -0.25) is 4.79 Å². The third kappa shape index (κ3) is 3.60. The molecule has 0 bridgehead atoms. The molecule has 2 atom stereocenters. The molecule has 3 rings (SSSR count). The Morgan fingerprint density at radius 3 is 2.71 bits per heavy atom. The van der Waals surface area contributed by atoms with Gasteiger partial charge in [0.15, 0.2) is 0 Å². The number of benzene rings is 1. The number of hydrogen-bond acceptors (Lipinski definition) is 3. The van der Waals surface area contributed by atoms with Crippen molar-refractivity contribution in [1.29, 1.82) is 0 Å². The summed E-state index contributed by atoms with van der Waals surface area (Å²) in [5, 5.41) is 1.51. The van der Waals surface area contributed by atoms with Gasteiger partial charge in [-0.05, 0) is 49.8 Å². The van der Waals surface area contributed by atoms with Crippen LogP contribution in [0.2, 0.25) is 0 Å². The number of H-pyrrole nitrogens is 1. The molecule has 1 aromatic carbocycles. The number of nitrogen functional groups attached to an aromatic ring is 1. The van der Waals surface area contributed by atoms with Gasteiger partial charge < -0.3 is 10.7 Å². The predicted molar refractivity (Wildman–Crippen MR) is 101 cm³/mol. The van der Waals surface area contributed by atoms with Gasteiger partial charge in [0.2, 0.25) is 0 Å². The molecule has 1 heterocycles. The second kappa shape index (κ2) is 6.66. The van der Waals surface area contributed by atoms with Crippen molar-refractivity contribution in [2.75, 3.05) is 5.73 Å². The zero-order valence-electron chi connectivity index (χ0n) is 13.6. The molecule has 0 saturated heterocycles. The van der Waals surface area contributed by atoms with Gasteiger partial charge in [0.1, 0.15) is 5.69 Å². The van der Waals surface area contributed by atoms with Crippen LogP contribution >= 0.6 is 15.9 Å². The number of nitrogens with one attached hydrogen (secondary N) is 1. The number of nitrogens with two attached hydrogens (primary N) is 1. The van der Waals surface area contributed by atoms with Crippen LogP contribution in [0.25, 0.3) is 12.2 Å². The number of anilines is 1. The molecule has 122 valence electrons. The van der Waals surface area contributed by atoms with Crippen LogP contribution in [0.4, 0.5) is 5.69 Å². The molecule has 0 amide bonds. The maximum atomic E-state index is 12.4. The van der Waals surface area contributed by atoms with E-state index in [2.05, 4.69) is 37.7 Å². The predicted octanol–water partition coefficient (Wildman–Crippen LogP) is 1.56. The first-order valence-electron chi connectivity index (χ1n) is 7.80. The summed E-state index contributed by atoms with van der Waals surface area (Å²) in [6.07, 6.45) is 4.31. The van der Waals surface area contributed by atoms with Gasteiger partial charge >= 0.3 is 0 Å². The molecule has 0 radical (unpaired) electrons. The van der Waals surface area contributed by atoms with Crippen molar-refractivity contribution in [2.45, 2.75) is 20.3 Å². The summed E-state index contributed by atoms with van der Waals surface area (Å²) >= 11 is 3.43. The van der Waals surface area contributed by atoms with Crippen molar-refractivity contribution in [3.8, 4) is 11.8 Å². The van der Waals surface area contributed by atoms with E-state index in [9.17, 15) is 4.79 Å². The number of nitrogens with zero attached hydrogens (tertiary/aromatic N) is 1. The van der Waals surface area contributed by atoms with E-state index in [4.69, 9.17) is 5.73 Å². The van der Waals surface area contributed by atoms with Crippen molar-refractivity contribution < 1.29 is 0 Å². The maximum Gasteiger partial charge on any atom is 0.270 e. The average Bonchev–Trinajstić information content (AvgIpc) is 2.52. The Labute approximate surface area is 148 Å². The number of fused-ring (bicyclic) bond motifs is 1. The third-order valence-corrected chi connectivity index (χ3v) is 4.36. The molecule has 1 aromatic heterocycles. The normalized spacial score (nSPS) is 20.4. The second-order valence-corrected chi connectivity index (χ2v) is 6.95. The average molecular weight is 384 g/mol. The summed E-state index contributed by atoms with van der Waals surface area (Å²) in [5.41, 5.74) is 7.81. The quantitative estimate of drug-likeness (QED) is 0.610. The Hall–Kier alpha value is -2.32. The van der Waals surface area contributed by atoms with Crippen LogP contribution in [0, 0.1) is 23.7 Å². The van der Waals surface area contributed by atoms with Gasteiger partial charge in [-0.2, -0.15) is 0 Å². The highest BCUT2D eigenvalue weighted by Gasteiger charge is 2.09. The first-order chi connectivity index (χ1) is 11.4. The summed E-state index contributed by atoms with van der Waals surface area (Å²) in [6.45, 7) is 4.02. The van der Waals surface area contributed by atoms with Crippen molar-refractivity contribution >= 4 is 33.8 Å². The summed E-state index contributed by atoms with van der Waals surface area (Å²) < 4.78 is 0.923. The lowest BCUT2D eigenvalue weighted by molar-refractivity contribution is 0.906. The van der Waals surface area contributed by atoms with Gasteiger partial charge in [-0.1, -0.05) is 27.8 Å². The highest BCUT2D eigenvalue weighted by Crippen LogP contribution is 2.19. The van der Waals surface area contributed by atoms with E-state index in [1.165, 1.54) is 0 Å². The fourth-order valence-corrected chi connectivity index (χ4v) is 3.04. The molecule has 2 aromatic rings. The smallest absolute Gasteiger partial charge is 0.270 e. The number of halogens is 1. The maximum absolute atomic E-state index is 12.4. The number of aromatic amines is 1. The minimum absolute atomic E-state index is 0.0731. The Balaban J connectivity index is 2.13. The van der Waals surface area contributed by atoms with E-state index in [0.717, 1.165) is 20.7 Å². The lowest BCUT2D eigenvalue weighted by Crippen LogP contribution is -2.40. The number of aromatic nitrogens is 2. The van der Waals surface area contributed by atoms with Crippen LogP contribution in [0.15, 0.2) is 27.5 Å². The van der Waals surface area contributed by atoms with Crippen molar-refractivity contribution in [2.24, 2.45) is 11.8 Å². The molecule has 5 heteroatoms. The molecule has 1 aliphatic carbocycles. The molecule has 0 fully saturated rings. The summed E-state index contributed by atoms with van der Waals surface area (Å²) in [7, 11) is 0. The van der Waals surface area contributed by atoms with Gasteiger partial charge in [0.05, 0.1) is 10.7 Å². The van der Waals surface area contributed by atoms with Gasteiger partial charge in [-0.25, -0.2) is 4.98 Å². The molecule has 1 aliphatic rings. The molecule has 0 spiro atoms. The van der Waals surface area contributed by atoms with E-state index < -0.39 is 0 Å². The first-order valence-corrected chi connectivity index (χ1v) is 8.59. The van der Waals surface area contributed by atoms with Crippen LogP contribution in [0.5, 0.6) is 0 Å².